The summed E-state index contributed by atoms with van der Waals surface area (Å²) in [5.41, 5.74) is 2.38. The van der Waals surface area contributed by atoms with Gasteiger partial charge in [0.05, 0.1) is 18.5 Å². The molecule has 3 heterocycles. The summed E-state index contributed by atoms with van der Waals surface area (Å²) in [7, 11) is 5.40. The quantitative estimate of drug-likeness (QED) is 0.669. The Morgan fingerprint density at radius 1 is 1.26 bits per heavy atom. The van der Waals surface area contributed by atoms with Gasteiger partial charge in [-0.25, -0.2) is 4.68 Å². The van der Waals surface area contributed by atoms with Crippen LogP contribution in [0.5, 0.6) is 5.88 Å². The van der Waals surface area contributed by atoms with Crippen LogP contribution < -0.4 is 15.6 Å². The first-order valence-corrected chi connectivity index (χ1v) is 8.91. The highest BCUT2D eigenvalue weighted by atomic mass is 16.5. The molecular weight excluding hydrogens is 346 g/mol. The van der Waals surface area contributed by atoms with Gasteiger partial charge in [0.1, 0.15) is 5.69 Å². The highest BCUT2D eigenvalue weighted by Crippen LogP contribution is 2.46. The molecule has 3 aromatic rings. The Bertz CT molecular complexity index is 1000. The van der Waals surface area contributed by atoms with Crippen molar-refractivity contribution in [3.05, 3.63) is 52.3 Å². The van der Waals surface area contributed by atoms with Gasteiger partial charge in [0, 0.05) is 63.5 Å². The molecule has 1 N–H and O–H groups in total. The second kappa shape index (κ2) is 6.90. The topological polar surface area (TPSA) is 91.8 Å². The lowest BCUT2D eigenvalue weighted by atomic mass is 10.2. The fourth-order valence-electron chi connectivity index (χ4n) is 3.16. The Kier molecular flexibility index (Phi) is 4.43. The number of nitrogens with zero attached hydrogens (tertiary/aromatic N) is 6. The van der Waals surface area contributed by atoms with E-state index in [1.165, 1.54) is 4.68 Å². The van der Waals surface area contributed by atoms with Gasteiger partial charge in [0.2, 0.25) is 5.88 Å². The number of nitrogens with one attached hydrogen (secondary N) is 1. The zero-order chi connectivity index (χ0) is 19.0. The van der Waals surface area contributed by atoms with Gasteiger partial charge in [-0.2, -0.15) is 10.2 Å². The van der Waals surface area contributed by atoms with E-state index in [0.29, 0.717) is 36.6 Å². The van der Waals surface area contributed by atoms with Gasteiger partial charge in [0.25, 0.3) is 5.56 Å². The number of aryl methyl sites for hydroxylation is 3. The minimum atomic E-state index is -0.191. The van der Waals surface area contributed by atoms with Crippen molar-refractivity contribution in [2.45, 2.75) is 18.9 Å². The molecule has 0 unspecified atom stereocenters. The first-order valence-electron chi connectivity index (χ1n) is 8.91. The van der Waals surface area contributed by atoms with Crippen LogP contribution in [0.3, 0.4) is 0 Å². The average Bonchev–Trinajstić information content (AvgIpc) is 3.09. The van der Waals surface area contributed by atoms with Gasteiger partial charge >= 0.3 is 0 Å². The van der Waals surface area contributed by atoms with Gasteiger partial charge in [-0.15, -0.1) is 5.10 Å². The van der Waals surface area contributed by atoms with E-state index in [0.717, 1.165) is 17.7 Å². The molecule has 0 radical (unpaired) electrons. The fourth-order valence-corrected chi connectivity index (χ4v) is 3.16. The molecule has 0 spiro atoms. The van der Waals surface area contributed by atoms with E-state index in [-0.39, 0.29) is 5.56 Å². The lowest BCUT2D eigenvalue weighted by molar-refractivity contribution is 0.278. The predicted molar refractivity (Wildman–Crippen MR) is 99.6 cm³/mol. The summed E-state index contributed by atoms with van der Waals surface area (Å²) in [6.07, 6.45) is 6.69. The van der Waals surface area contributed by atoms with Crippen molar-refractivity contribution in [1.82, 2.24) is 29.3 Å². The molecule has 2 atom stereocenters. The van der Waals surface area contributed by atoms with Crippen LogP contribution in [0.2, 0.25) is 0 Å². The molecular formula is C18H23N7O2. The third-order valence-corrected chi connectivity index (χ3v) is 4.76. The van der Waals surface area contributed by atoms with E-state index < -0.39 is 0 Å². The number of hydrogen-bond acceptors (Lipinski definition) is 6. The van der Waals surface area contributed by atoms with Crippen molar-refractivity contribution >= 4 is 5.69 Å². The third kappa shape index (κ3) is 3.86. The molecule has 0 saturated heterocycles. The SMILES string of the molecule is Cn1cc(CNc2cc(OC[C@H]3C[C@@H]3c3ccn(C)n3)nn(C)c2=O)cn1. The van der Waals surface area contributed by atoms with Crippen LogP contribution in [-0.2, 0) is 27.7 Å². The van der Waals surface area contributed by atoms with Gasteiger partial charge in [0.15, 0.2) is 0 Å². The molecule has 0 aliphatic heterocycles. The van der Waals surface area contributed by atoms with Gasteiger partial charge in [-0.05, 0) is 12.5 Å². The van der Waals surface area contributed by atoms with Gasteiger partial charge in [-0.1, -0.05) is 0 Å². The zero-order valence-corrected chi connectivity index (χ0v) is 15.7. The summed E-state index contributed by atoms with van der Waals surface area (Å²) in [6.45, 7) is 1.07. The minimum Gasteiger partial charge on any atom is -0.476 e. The van der Waals surface area contributed by atoms with Gasteiger partial charge < -0.3 is 10.1 Å². The lowest BCUT2D eigenvalue weighted by Crippen LogP contribution is -2.24. The van der Waals surface area contributed by atoms with Crippen LogP contribution in [0.15, 0.2) is 35.5 Å². The summed E-state index contributed by atoms with van der Waals surface area (Å²) < 4.78 is 10.7. The van der Waals surface area contributed by atoms with Crippen LogP contribution in [0.4, 0.5) is 5.69 Å². The highest BCUT2D eigenvalue weighted by molar-refractivity contribution is 5.43. The van der Waals surface area contributed by atoms with Crippen molar-refractivity contribution < 1.29 is 4.74 Å². The van der Waals surface area contributed by atoms with Crippen LogP contribution >= 0.6 is 0 Å². The molecule has 1 aliphatic rings. The largest absolute Gasteiger partial charge is 0.476 e. The maximum Gasteiger partial charge on any atom is 0.290 e. The van der Waals surface area contributed by atoms with Crippen LogP contribution in [0, 0.1) is 5.92 Å². The average molecular weight is 369 g/mol. The second-order valence-electron chi connectivity index (χ2n) is 7.03. The molecule has 1 saturated carbocycles. The van der Waals surface area contributed by atoms with E-state index in [4.69, 9.17) is 4.74 Å². The molecule has 0 aromatic carbocycles. The summed E-state index contributed by atoms with van der Waals surface area (Å²) >= 11 is 0. The molecule has 0 amide bonds. The van der Waals surface area contributed by atoms with E-state index in [9.17, 15) is 4.79 Å². The number of aromatic nitrogens is 6. The first-order chi connectivity index (χ1) is 13.0. The smallest absolute Gasteiger partial charge is 0.290 e. The van der Waals surface area contributed by atoms with E-state index in [1.54, 1.807) is 24.0 Å². The first kappa shape index (κ1) is 17.3. The van der Waals surface area contributed by atoms with Crippen molar-refractivity contribution in [1.29, 1.82) is 0 Å². The van der Waals surface area contributed by atoms with Gasteiger partial charge in [-0.3, -0.25) is 14.2 Å². The highest BCUT2D eigenvalue weighted by Gasteiger charge is 2.40. The molecule has 142 valence electrons. The molecule has 1 aliphatic carbocycles. The van der Waals surface area contributed by atoms with E-state index in [2.05, 4.69) is 26.7 Å². The molecule has 1 fully saturated rings. The van der Waals surface area contributed by atoms with Crippen molar-refractivity contribution in [2.24, 2.45) is 27.1 Å². The number of rotatable bonds is 7. The summed E-state index contributed by atoms with van der Waals surface area (Å²) in [5.74, 6) is 1.32. The molecule has 3 aromatic heterocycles. The van der Waals surface area contributed by atoms with Crippen LogP contribution in [0.1, 0.15) is 23.6 Å². The van der Waals surface area contributed by atoms with Crippen molar-refractivity contribution in [2.75, 3.05) is 11.9 Å². The van der Waals surface area contributed by atoms with Crippen LogP contribution in [-0.4, -0.2) is 35.9 Å². The molecule has 0 bridgehead atoms. The molecule has 9 heteroatoms. The van der Waals surface area contributed by atoms with Crippen molar-refractivity contribution in [3.63, 3.8) is 0 Å². The van der Waals surface area contributed by atoms with E-state index in [1.807, 2.05) is 31.2 Å². The molecule has 9 nitrogen and oxygen atoms in total. The monoisotopic (exact) mass is 369 g/mol. The minimum absolute atomic E-state index is 0.191. The normalized spacial score (nSPS) is 18.5. The zero-order valence-electron chi connectivity index (χ0n) is 15.7. The Labute approximate surface area is 156 Å². The number of anilines is 1. The Hall–Kier alpha value is -3.10. The second-order valence-corrected chi connectivity index (χ2v) is 7.03. The summed E-state index contributed by atoms with van der Waals surface area (Å²) in [6, 6.07) is 3.71. The molecule has 27 heavy (non-hydrogen) atoms. The van der Waals surface area contributed by atoms with E-state index >= 15 is 0 Å². The maximum atomic E-state index is 12.3. The maximum absolute atomic E-state index is 12.3. The summed E-state index contributed by atoms with van der Waals surface area (Å²) in [5, 5.41) is 15.9. The Balaban J connectivity index is 1.38. The van der Waals surface area contributed by atoms with Crippen molar-refractivity contribution in [3.8, 4) is 5.88 Å². The Morgan fingerprint density at radius 2 is 2.11 bits per heavy atom. The number of ether oxygens (including phenoxy) is 1. The van der Waals surface area contributed by atoms with Crippen LogP contribution in [0.25, 0.3) is 0 Å². The Morgan fingerprint density at radius 3 is 2.81 bits per heavy atom. The molecule has 4 rings (SSSR count). The predicted octanol–water partition coefficient (Wildman–Crippen LogP) is 1.04. The standard InChI is InChI=1S/C18H23N7O2/c1-23-5-4-15(21-23)14-6-13(14)11-27-17-7-16(18(26)25(3)22-17)19-8-12-9-20-24(2)10-12/h4-5,7,9-10,13-14,19H,6,8,11H2,1-3H3/t13-,14+/m1/s1. The lowest BCUT2D eigenvalue weighted by Gasteiger charge is -2.10. The number of hydrogen-bond donors (Lipinski definition) is 1. The fraction of sp³-hybridized carbons (Fsp3) is 0.444. The summed E-state index contributed by atoms with van der Waals surface area (Å²) in [4.78, 5) is 12.3. The third-order valence-electron chi connectivity index (χ3n) is 4.76.